The number of hydrogen-bond acceptors (Lipinski definition) is 4. The van der Waals surface area contributed by atoms with Gasteiger partial charge in [-0.15, -0.1) is 11.6 Å². The average Bonchev–Trinajstić information content (AvgIpc) is 2.14. The molecule has 0 atom stereocenters. The van der Waals surface area contributed by atoms with Gasteiger partial charge in [0.15, 0.2) is 0 Å². The smallest absolute Gasteiger partial charge is 0.233 e. The summed E-state index contributed by atoms with van der Waals surface area (Å²) in [5.74, 6) is 0.459. The number of unbranched alkanes of at least 4 members (excludes halogenated alkanes) is 1. The Bertz CT molecular complexity index is 461. The second-order valence-electron chi connectivity index (χ2n) is 3.16. The van der Waals surface area contributed by atoms with E-state index >= 15 is 0 Å². The highest BCUT2D eigenvalue weighted by Crippen LogP contribution is 2.15. The van der Waals surface area contributed by atoms with E-state index in [0.29, 0.717) is 18.7 Å². The monoisotopic (exact) mass is 317 g/mol. The Hall–Kier alpha value is -0.300. The Labute approximate surface area is 115 Å². The second kappa shape index (κ2) is 6.58. The fourth-order valence-electron chi connectivity index (χ4n) is 1.04. The highest BCUT2D eigenvalue weighted by atomic mass is 35.5. The van der Waals surface area contributed by atoms with Crippen molar-refractivity contribution in [2.45, 2.75) is 12.8 Å². The molecule has 9 heteroatoms. The Kier molecular flexibility index (Phi) is 5.72. The number of halogens is 3. The van der Waals surface area contributed by atoms with Gasteiger partial charge in [-0.05, 0) is 24.4 Å². The molecule has 1 rings (SSSR count). The zero-order chi connectivity index (χ0) is 12.9. The van der Waals surface area contributed by atoms with Crippen molar-refractivity contribution in [2.24, 2.45) is 0 Å². The highest BCUT2D eigenvalue weighted by molar-refractivity contribution is 7.92. The average molecular weight is 319 g/mol. The lowest BCUT2D eigenvalue weighted by atomic mass is 10.4. The van der Waals surface area contributed by atoms with E-state index in [1.54, 1.807) is 0 Å². The van der Waals surface area contributed by atoms with Crippen LogP contribution < -0.4 is 4.72 Å². The Morgan fingerprint density at radius 3 is 2.53 bits per heavy atom. The first-order chi connectivity index (χ1) is 7.93. The van der Waals surface area contributed by atoms with E-state index in [1.165, 1.54) is 6.07 Å². The predicted molar refractivity (Wildman–Crippen MR) is 69.4 cm³/mol. The molecule has 1 aromatic heterocycles. The molecular weight excluding hydrogens is 309 g/mol. The Balaban J connectivity index is 2.69. The van der Waals surface area contributed by atoms with E-state index in [1.807, 2.05) is 0 Å². The summed E-state index contributed by atoms with van der Waals surface area (Å²) in [6.07, 6.45) is 1.11. The number of nitrogens with zero attached hydrogens (tertiary/aromatic N) is 2. The van der Waals surface area contributed by atoms with E-state index in [-0.39, 0.29) is 22.0 Å². The lowest BCUT2D eigenvalue weighted by molar-refractivity contribution is 0.598. The van der Waals surface area contributed by atoms with Crippen LogP contribution in [0, 0.1) is 0 Å². The van der Waals surface area contributed by atoms with Gasteiger partial charge in [0.2, 0.25) is 15.3 Å². The maximum atomic E-state index is 11.6. The van der Waals surface area contributed by atoms with Crippen molar-refractivity contribution in [1.29, 1.82) is 0 Å². The standard InChI is InChI=1S/C8H10Cl3N3O2S/c9-3-1-2-4-17(15,16)14-7-5-6(10)12-8(11)13-7/h5H,1-4H2,(H,12,13,14). The summed E-state index contributed by atoms with van der Waals surface area (Å²) in [7, 11) is -3.46. The van der Waals surface area contributed by atoms with Gasteiger partial charge in [-0.25, -0.2) is 13.4 Å². The molecule has 0 amide bonds. The number of nitrogens with one attached hydrogen (secondary N) is 1. The number of rotatable bonds is 6. The van der Waals surface area contributed by atoms with Crippen molar-refractivity contribution in [3.8, 4) is 0 Å². The molecule has 0 fully saturated rings. The third-order valence-electron chi connectivity index (χ3n) is 1.72. The molecule has 0 bridgehead atoms. The lowest BCUT2D eigenvalue weighted by Crippen LogP contribution is -2.17. The minimum atomic E-state index is -3.46. The molecule has 0 saturated heterocycles. The number of alkyl halides is 1. The predicted octanol–water partition coefficient (Wildman–Crippen LogP) is 2.54. The molecule has 0 unspecified atom stereocenters. The fourth-order valence-corrected chi connectivity index (χ4v) is 2.75. The van der Waals surface area contributed by atoms with Crippen molar-refractivity contribution >= 4 is 50.6 Å². The summed E-state index contributed by atoms with van der Waals surface area (Å²) in [6.45, 7) is 0. The molecule has 0 aliphatic carbocycles. The van der Waals surface area contributed by atoms with Crippen molar-refractivity contribution < 1.29 is 8.42 Å². The highest BCUT2D eigenvalue weighted by Gasteiger charge is 2.12. The molecule has 1 aromatic rings. The molecule has 0 aromatic carbocycles. The molecule has 0 radical (unpaired) electrons. The molecule has 0 saturated carbocycles. The number of aromatic nitrogens is 2. The topological polar surface area (TPSA) is 72.0 Å². The van der Waals surface area contributed by atoms with E-state index in [2.05, 4.69) is 14.7 Å². The Morgan fingerprint density at radius 2 is 1.94 bits per heavy atom. The zero-order valence-electron chi connectivity index (χ0n) is 8.66. The summed E-state index contributed by atoms with van der Waals surface area (Å²) in [4.78, 5) is 7.31. The maximum absolute atomic E-state index is 11.6. The van der Waals surface area contributed by atoms with E-state index < -0.39 is 10.0 Å². The normalized spacial score (nSPS) is 11.5. The lowest BCUT2D eigenvalue weighted by Gasteiger charge is -2.06. The first kappa shape index (κ1) is 14.8. The molecule has 5 nitrogen and oxygen atoms in total. The molecular formula is C8H10Cl3N3O2S. The maximum Gasteiger partial charge on any atom is 0.233 e. The third kappa shape index (κ3) is 5.72. The van der Waals surface area contributed by atoms with Crippen LogP contribution in [-0.4, -0.2) is 30.0 Å². The molecule has 0 aliphatic heterocycles. The second-order valence-corrected chi connectivity index (χ2v) is 6.11. The van der Waals surface area contributed by atoms with Gasteiger partial charge < -0.3 is 0 Å². The molecule has 1 heterocycles. The summed E-state index contributed by atoms with van der Waals surface area (Å²) < 4.78 is 25.5. The summed E-state index contributed by atoms with van der Waals surface area (Å²) in [5, 5.41) is -0.0422. The van der Waals surface area contributed by atoms with E-state index in [0.717, 1.165) is 0 Å². The van der Waals surface area contributed by atoms with Crippen molar-refractivity contribution in [2.75, 3.05) is 16.4 Å². The first-order valence-electron chi connectivity index (χ1n) is 4.69. The third-order valence-corrected chi connectivity index (χ3v) is 3.70. The van der Waals surface area contributed by atoms with Crippen LogP contribution in [0.5, 0.6) is 0 Å². The van der Waals surface area contributed by atoms with Gasteiger partial charge in [-0.2, -0.15) is 4.98 Å². The first-order valence-corrected chi connectivity index (χ1v) is 7.64. The van der Waals surface area contributed by atoms with Crippen LogP contribution in [0.4, 0.5) is 5.82 Å². The van der Waals surface area contributed by atoms with Crippen LogP contribution in [0.1, 0.15) is 12.8 Å². The number of sulfonamides is 1. The summed E-state index contributed by atoms with van der Waals surface area (Å²) in [6, 6.07) is 1.28. The van der Waals surface area contributed by atoms with Gasteiger partial charge >= 0.3 is 0 Å². The van der Waals surface area contributed by atoms with Crippen molar-refractivity contribution in [3.05, 3.63) is 16.5 Å². The minimum absolute atomic E-state index is 0.0288. The van der Waals surface area contributed by atoms with Crippen LogP contribution in [0.3, 0.4) is 0 Å². The summed E-state index contributed by atoms with van der Waals surface area (Å²) >= 11 is 16.6. The van der Waals surface area contributed by atoms with Gasteiger partial charge in [-0.1, -0.05) is 11.6 Å². The molecule has 0 aliphatic rings. The van der Waals surface area contributed by atoms with E-state index in [4.69, 9.17) is 34.8 Å². The van der Waals surface area contributed by atoms with Crippen LogP contribution in [0.2, 0.25) is 10.4 Å². The molecule has 0 spiro atoms. The SMILES string of the molecule is O=S(=O)(CCCCCl)Nc1cc(Cl)nc(Cl)n1. The number of anilines is 1. The quantitative estimate of drug-likeness (QED) is 0.379. The molecule has 96 valence electrons. The van der Waals surface area contributed by atoms with Gasteiger partial charge in [0.05, 0.1) is 5.75 Å². The van der Waals surface area contributed by atoms with Crippen LogP contribution in [0.25, 0.3) is 0 Å². The van der Waals surface area contributed by atoms with Crippen LogP contribution >= 0.6 is 34.8 Å². The van der Waals surface area contributed by atoms with Crippen molar-refractivity contribution in [3.63, 3.8) is 0 Å². The van der Waals surface area contributed by atoms with E-state index in [9.17, 15) is 8.42 Å². The Morgan fingerprint density at radius 1 is 1.24 bits per heavy atom. The minimum Gasteiger partial charge on any atom is -0.267 e. The van der Waals surface area contributed by atoms with Crippen LogP contribution in [-0.2, 0) is 10.0 Å². The molecule has 1 N–H and O–H groups in total. The van der Waals surface area contributed by atoms with Crippen LogP contribution in [0.15, 0.2) is 6.07 Å². The van der Waals surface area contributed by atoms with Crippen molar-refractivity contribution in [1.82, 2.24) is 9.97 Å². The molecule has 17 heavy (non-hydrogen) atoms. The zero-order valence-corrected chi connectivity index (χ0v) is 11.7. The fraction of sp³-hybridized carbons (Fsp3) is 0.500. The van der Waals surface area contributed by atoms with Gasteiger partial charge in [0, 0.05) is 11.9 Å². The summed E-state index contributed by atoms with van der Waals surface area (Å²) in [5.41, 5.74) is 0. The largest absolute Gasteiger partial charge is 0.267 e. The number of hydrogen-bond donors (Lipinski definition) is 1. The van der Waals surface area contributed by atoms with Gasteiger partial charge in [0.1, 0.15) is 11.0 Å². The van der Waals surface area contributed by atoms with Gasteiger partial charge in [-0.3, -0.25) is 4.72 Å². The van der Waals surface area contributed by atoms with Gasteiger partial charge in [0.25, 0.3) is 0 Å².